The van der Waals surface area contributed by atoms with Crippen LogP contribution in [0.3, 0.4) is 0 Å². The van der Waals surface area contributed by atoms with Gasteiger partial charge in [0.25, 0.3) is 0 Å². The third kappa shape index (κ3) is 3.93. The van der Waals surface area contributed by atoms with Crippen molar-refractivity contribution in [3.8, 4) is 0 Å². The Hall–Kier alpha value is -1.14. The van der Waals surface area contributed by atoms with Crippen molar-refractivity contribution in [2.45, 2.75) is 56.4 Å². The largest absolute Gasteiger partial charge is 0.369 e. The topological polar surface area (TPSA) is 71.1 Å². The molecular formula is C14H23N3O2S. The van der Waals surface area contributed by atoms with Crippen LogP contribution in [0.4, 0.5) is 5.82 Å². The van der Waals surface area contributed by atoms with E-state index in [0.717, 1.165) is 25.7 Å². The number of rotatable bonds is 5. The van der Waals surface area contributed by atoms with Gasteiger partial charge in [-0.15, -0.1) is 0 Å². The van der Waals surface area contributed by atoms with Crippen LogP contribution >= 0.6 is 0 Å². The predicted octanol–water partition coefficient (Wildman–Crippen LogP) is 2.51. The summed E-state index contributed by atoms with van der Waals surface area (Å²) in [4.78, 5) is 4.36. The van der Waals surface area contributed by atoms with Crippen LogP contribution in [0.5, 0.6) is 0 Å². The van der Waals surface area contributed by atoms with Gasteiger partial charge in [-0.05, 0) is 31.9 Å². The zero-order valence-electron chi connectivity index (χ0n) is 11.9. The quantitative estimate of drug-likeness (QED) is 0.819. The minimum atomic E-state index is -3.50. The second kappa shape index (κ2) is 7.04. The highest BCUT2D eigenvalue weighted by Gasteiger charge is 2.23. The van der Waals surface area contributed by atoms with E-state index in [1.807, 2.05) is 6.92 Å². The second-order valence-electron chi connectivity index (χ2n) is 5.19. The van der Waals surface area contributed by atoms with E-state index in [9.17, 15) is 8.42 Å². The van der Waals surface area contributed by atoms with Gasteiger partial charge in [0.15, 0.2) is 0 Å². The van der Waals surface area contributed by atoms with Gasteiger partial charge in [0.1, 0.15) is 10.7 Å². The molecule has 1 saturated carbocycles. The first-order chi connectivity index (χ1) is 9.63. The molecule has 0 saturated heterocycles. The predicted molar refractivity (Wildman–Crippen MR) is 80.2 cm³/mol. The molecule has 0 atom stereocenters. The molecule has 0 radical (unpaired) electrons. The molecule has 20 heavy (non-hydrogen) atoms. The van der Waals surface area contributed by atoms with Crippen molar-refractivity contribution in [2.75, 3.05) is 11.9 Å². The van der Waals surface area contributed by atoms with E-state index in [0.29, 0.717) is 12.4 Å². The average molecular weight is 297 g/mol. The molecule has 0 aromatic carbocycles. The second-order valence-corrected chi connectivity index (χ2v) is 6.87. The summed E-state index contributed by atoms with van der Waals surface area (Å²) in [7, 11) is -3.50. The number of hydrogen-bond acceptors (Lipinski definition) is 4. The highest BCUT2D eigenvalue weighted by Crippen LogP contribution is 2.22. The van der Waals surface area contributed by atoms with Crippen molar-refractivity contribution in [1.29, 1.82) is 0 Å². The Morgan fingerprint density at radius 2 is 1.95 bits per heavy atom. The van der Waals surface area contributed by atoms with Gasteiger partial charge in [-0.3, -0.25) is 0 Å². The molecule has 1 aromatic rings. The fraction of sp³-hybridized carbons (Fsp3) is 0.643. The van der Waals surface area contributed by atoms with Crippen molar-refractivity contribution in [3.05, 3.63) is 18.3 Å². The molecule has 2 rings (SSSR count). The van der Waals surface area contributed by atoms with Crippen molar-refractivity contribution in [2.24, 2.45) is 0 Å². The fourth-order valence-electron chi connectivity index (χ4n) is 2.59. The van der Waals surface area contributed by atoms with Gasteiger partial charge in [-0.25, -0.2) is 18.1 Å². The lowest BCUT2D eigenvalue weighted by Crippen LogP contribution is -2.34. The highest BCUT2D eigenvalue weighted by atomic mass is 32.2. The van der Waals surface area contributed by atoms with Gasteiger partial charge >= 0.3 is 0 Å². The van der Waals surface area contributed by atoms with Crippen LogP contribution in [0.25, 0.3) is 0 Å². The van der Waals surface area contributed by atoms with Crippen LogP contribution in [-0.2, 0) is 10.0 Å². The molecule has 0 aliphatic heterocycles. The van der Waals surface area contributed by atoms with Gasteiger partial charge in [0, 0.05) is 18.8 Å². The van der Waals surface area contributed by atoms with Crippen LogP contribution in [0.2, 0.25) is 0 Å². The van der Waals surface area contributed by atoms with E-state index in [2.05, 4.69) is 15.0 Å². The van der Waals surface area contributed by atoms with Crippen LogP contribution in [0, 0.1) is 0 Å². The summed E-state index contributed by atoms with van der Waals surface area (Å²) in [6, 6.07) is 3.31. The molecule has 1 aliphatic carbocycles. The van der Waals surface area contributed by atoms with Gasteiger partial charge < -0.3 is 5.32 Å². The van der Waals surface area contributed by atoms with Gasteiger partial charge in [-0.2, -0.15) is 0 Å². The SMILES string of the molecule is CCNc1ncccc1S(=O)(=O)NC1CCCCCC1. The van der Waals surface area contributed by atoms with E-state index in [-0.39, 0.29) is 10.9 Å². The first kappa shape index (κ1) is 15.3. The molecular weight excluding hydrogens is 274 g/mol. The maximum absolute atomic E-state index is 12.5. The lowest BCUT2D eigenvalue weighted by atomic mass is 10.1. The Morgan fingerprint density at radius 3 is 2.60 bits per heavy atom. The molecule has 1 fully saturated rings. The average Bonchev–Trinajstić information content (AvgIpc) is 2.68. The van der Waals surface area contributed by atoms with Gasteiger partial charge in [0.2, 0.25) is 10.0 Å². The summed E-state index contributed by atoms with van der Waals surface area (Å²) in [6.07, 6.45) is 8.05. The number of nitrogens with zero attached hydrogens (tertiary/aromatic N) is 1. The highest BCUT2D eigenvalue weighted by molar-refractivity contribution is 7.89. The monoisotopic (exact) mass is 297 g/mol. The van der Waals surface area contributed by atoms with Crippen molar-refractivity contribution < 1.29 is 8.42 Å². The van der Waals surface area contributed by atoms with Crippen LogP contribution in [0.1, 0.15) is 45.4 Å². The van der Waals surface area contributed by atoms with E-state index >= 15 is 0 Å². The van der Waals surface area contributed by atoms with Crippen molar-refractivity contribution >= 4 is 15.8 Å². The van der Waals surface area contributed by atoms with Crippen LogP contribution < -0.4 is 10.0 Å². The Kier molecular flexibility index (Phi) is 5.37. The third-order valence-corrected chi connectivity index (χ3v) is 5.13. The van der Waals surface area contributed by atoms with Crippen LogP contribution in [0.15, 0.2) is 23.2 Å². The summed E-state index contributed by atoms with van der Waals surface area (Å²) < 4.78 is 27.9. The zero-order chi connectivity index (χ0) is 14.4. The zero-order valence-corrected chi connectivity index (χ0v) is 12.7. The molecule has 2 N–H and O–H groups in total. The lowest BCUT2D eigenvalue weighted by Gasteiger charge is -2.17. The number of nitrogens with one attached hydrogen (secondary N) is 2. The first-order valence-electron chi connectivity index (χ1n) is 7.34. The molecule has 112 valence electrons. The van der Waals surface area contributed by atoms with E-state index in [4.69, 9.17) is 0 Å². The Labute approximate surface area is 121 Å². The molecule has 0 unspecified atom stereocenters. The molecule has 1 aromatic heterocycles. The summed E-state index contributed by atoms with van der Waals surface area (Å²) in [6.45, 7) is 2.56. The fourth-order valence-corrected chi connectivity index (χ4v) is 4.03. The molecule has 1 aliphatic rings. The summed E-state index contributed by atoms with van der Waals surface area (Å²) in [5, 5.41) is 3.00. The smallest absolute Gasteiger partial charge is 0.244 e. The summed E-state index contributed by atoms with van der Waals surface area (Å²) >= 11 is 0. The standard InChI is InChI=1S/C14H23N3O2S/c1-2-15-14-13(10-7-11-16-14)20(18,19)17-12-8-5-3-4-6-9-12/h7,10-12,17H,2-6,8-9H2,1H3,(H,15,16). The minimum absolute atomic E-state index is 0.0529. The summed E-state index contributed by atoms with van der Waals surface area (Å²) in [5.74, 6) is 0.427. The minimum Gasteiger partial charge on any atom is -0.369 e. The van der Waals surface area contributed by atoms with Crippen molar-refractivity contribution in [1.82, 2.24) is 9.71 Å². The number of aromatic nitrogens is 1. The molecule has 5 nitrogen and oxygen atoms in total. The van der Waals surface area contributed by atoms with Crippen LogP contribution in [-0.4, -0.2) is 26.0 Å². The number of sulfonamides is 1. The van der Waals surface area contributed by atoms with E-state index in [1.54, 1.807) is 18.3 Å². The Bertz CT molecular complexity index is 523. The van der Waals surface area contributed by atoms with Gasteiger partial charge in [-0.1, -0.05) is 25.7 Å². The van der Waals surface area contributed by atoms with Gasteiger partial charge in [0.05, 0.1) is 0 Å². The molecule has 1 heterocycles. The maximum Gasteiger partial charge on any atom is 0.244 e. The third-order valence-electron chi connectivity index (χ3n) is 3.58. The molecule has 0 bridgehead atoms. The van der Waals surface area contributed by atoms with E-state index < -0.39 is 10.0 Å². The van der Waals surface area contributed by atoms with Crippen molar-refractivity contribution in [3.63, 3.8) is 0 Å². The molecule has 0 amide bonds. The lowest BCUT2D eigenvalue weighted by molar-refractivity contribution is 0.510. The maximum atomic E-state index is 12.5. The summed E-state index contributed by atoms with van der Waals surface area (Å²) in [5.41, 5.74) is 0. The number of hydrogen-bond donors (Lipinski definition) is 2. The molecule has 6 heteroatoms. The molecule has 0 spiro atoms. The normalized spacial score (nSPS) is 17.6. The van der Waals surface area contributed by atoms with E-state index in [1.165, 1.54) is 12.8 Å². The number of pyridine rings is 1. The Morgan fingerprint density at radius 1 is 1.25 bits per heavy atom. The Balaban J connectivity index is 2.17. The number of anilines is 1. The first-order valence-corrected chi connectivity index (χ1v) is 8.83.